The lowest BCUT2D eigenvalue weighted by Crippen LogP contribution is -2.57. The first-order valence-corrected chi connectivity index (χ1v) is 10.7. The van der Waals surface area contributed by atoms with E-state index in [1.807, 2.05) is 0 Å². The molecule has 0 N–H and O–H groups in total. The fourth-order valence-corrected chi connectivity index (χ4v) is 2.18. The predicted octanol–water partition coefficient (Wildman–Crippen LogP) is 4.02. The lowest BCUT2D eigenvalue weighted by Gasteiger charge is -2.43. The van der Waals surface area contributed by atoms with E-state index in [0.29, 0.717) is 0 Å². The molecule has 2 atom stereocenters. The minimum absolute atomic E-state index is 0.242. The fraction of sp³-hybridized carbons (Fsp3) is 0.696. The first-order chi connectivity index (χ1) is 15.6. The van der Waals surface area contributed by atoms with E-state index in [4.69, 9.17) is 38.5 Å². The van der Waals surface area contributed by atoms with Gasteiger partial charge in [-0.15, -0.1) is 9.78 Å². The second kappa shape index (κ2) is 13.4. The summed E-state index contributed by atoms with van der Waals surface area (Å²) in [6.07, 6.45) is 0.454. The van der Waals surface area contributed by atoms with Crippen LogP contribution in [0.4, 0.5) is 4.79 Å². The summed E-state index contributed by atoms with van der Waals surface area (Å²) in [5.74, 6) is -5.71. The van der Waals surface area contributed by atoms with Crippen LogP contribution in [-0.2, 0) is 48.1 Å². The van der Waals surface area contributed by atoms with Gasteiger partial charge < -0.3 is 18.9 Å². The highest BCUT2D eigenvalue weighted by Gasteiger charge is 2.55. The molecule has 0 aliphatic heterocycles. The molecule has 34 heavy (non-hydrogen) atoms. The van der Waals surface area contributed by atoms with Gasteiger partial charge in [0.05, 0.1) is 0 Å². The molecule has 0 bridgehead atoms. The number of ether oxygens (including phenoxy) is 4. The summed E-state index contributed by atoms with van der Waals surface area (Å²) in [5, 5.41) is 0. The zero-order valence-electron chi connectivity index (χ0n) is 21.4. The van der Waals surface area contributed by atoms with Gasteiger partial charge >= 0.3 is 18.1 Å². The first-order valence-electron chi connectivity index (χ1n) is 10.7. The summed E-state index contributed by atoms with van der Waals surface area (Å²) < 4.78 is 22.0. The number of carbonyl (C=O) groups is 3. The summed E-state index contributed by atoms with van der Waals surface area (Å²) in [6.45, 7) is 19.9. The van der Waals surface area contributed by atoms with E-state index >= 15 is 0 Å². The van der Waals surface area contributed by atoms with Gasteiger partial charge in [0.1, 0.15) is 13.2 Å². The Balaban J connectivity index is 6.18. The van der Waals surface area contributed by atoms with E-state index in [9.17, 15) is 14.4 Å². The minimum Gasteiger partial charge on any atom is -0.395 e. The van der Waals surface area contributed by atoms with E-state index in [1.165, 1.54) is 0 Å². The number of carbonyl (C=O) groups excluding carboxylic acids is 3. The molecule has 0 radical (unpaired) electrons. The summed E-state index contributed by atoms with van der Waals surface area (Å²) in [4.78, 5) is 56.4. The summed E-state index contributed by atoms with van der Waals surface area (Å²) in [6, 6.07) is 0. The van der Waals surface area contributed by atoms with Crippen LogP contribution in [0.25, 0.3) is 0 Å². The molecule has 0 aromatic heterocycles. The standard InChI is InChI=1S/C23H38O11/c1-11-17(24)31-33-22(15-27-13-3,20(5,6)7)29-19(26)30-23(16-28-14-4,21(8,9)10)34-32-18(25)12-2/h11-12H,1-2,13-16H2,3-10H3. The molecule has 0 aromatic carbocycles. The molecule has 0 rings (SSSR count). The molecule has 0 spiro atoms. The molecule has 0 saturated carbocycles. The summed E-state index contributed by atoms with van der Waals surface area (Å²) in [7, 11) is 0. The van der Waals surface area contributed by atoms with Gasteiger partial charge in [-0.25, -0.2) is 14.4 Å². The molecule has 0 fully saturated rings. The Morgan fingerprint density at radius 3 is 1.24 bits per heavy atom. The van der Waals surface area contributed by atoms with Gasteiger partial charge in [0, 0.05) is 36.2 Å². The SMILES string of the molecule is C=CC(=O)OOC(COCC)(OC(=O)OC(COCC)(OOC(=O)C=C)C(C)(C)C)C(C)(C)C. The Morgan fingerprint density at radius 2 is 1.00 bits per heavy atom. The van der Waals surface area contributed by atoms with Crippen molar-refractivity contribution in [1.82, 2.24) is 0 Å². The lowest BCUT2D eigenvalue weighted by molar-refractivity contribution is -0.446. The normalized spacial score (nSPS) is 15.3. The maximum Gasteiger partial charge on any atom is 0.513 e. The Hall–Kier alpha value is -2.47. The number of hydrogen-bond donors (Lipinski definition) is 0. The van der Waals surface area contributed by atoms with E-state index < -0.39 is 40.5 Å². The third-order valence-electron chi connectivity index (χ3n) is 4.62. The van der Waals surface area contributed by atoms with E-state index in [-0.39, 0.29) is 26.4 Å². The molecular formula is C23H38O11. The molecule has 11 nitrogen and oxygen atoms in total. The van der Waals surface area contributed by atoms with Crippen molar-refractivity contribution in [2.75, 3.05) is 26.4 Å². The quantitative estimate of drug-likeness (QED) is 0.115. The van der Waals surface area contributed by atoms with Crippen LogP contribution < -0.4 is 0 Å². The van der Waals surface area contributed by atoms with E-state index in [2.05, 4.69) is 13.2 Å². The Bertz CT molecular complexity index is 647. The van der Waals surface area contributed by atoms with Crippen LogP contribution >= 0.6 is 0 Å². The largest absolute Gasteiger partial charge is 0.513 e. The van der Waals surface area contributed by atoms with Crippen LogP contribution in [0.3, 0.4) is 0 Å². The highest BCUT2D eigenvalue weighted by molar-refractivity contribution is 5.80. The average Bonchev–Trinajstić information content (AvgIpc) is 2.75. The molecule has 0 aliphatic rings. The van der Waals surface area contributed by atoms with Crippen LogP contribution in [0.2, 0.25) is 0 Å². The van der Waals surface area contributed by atoms with Crippen LogP contribution in [0, 0.1) is 10.8 Å². The Labute approximate surface area is 201 Å². The van der Waals surface area contributed by atoms with E-state index in [0.717, 1.165) is 12.2 Å². The van der Waals surface area contributed by atoms with Crippen molar-refractivity contribution in [2.45, 2.75) is 67.0 Å². The monoisotopic (exact) mass is 490 g/mol. The summed E-state index contributed by atoms with van der Waals surface area (Å²) >= 11 is 0. The predicted molar refractivity (Wildman–Crippen MR) is 120 cm³/mol. The van der Waals surface area contributed by atoms with Crippen molar-refractivity contribution in [3.05, 3.63) is 25.3 Å². The zero-order chi connectivity index (χ0) is 26.6. The number of rotatable bonds is 14. The lowest BCUT2D eigenvalue weighted by atomic mass is 9.85. The third-order valence-corrected chi connectivity index (χ3v) is 4.62. The van der Waals surface area contributed by atoms with Crippen LogP contribution in [0.15, 0.2) is 25.3 Å². The van der Waals surface area contributed by atoms with Gasteiger partial charge in [-0.3, -0.25) is 9.78 Å². The topological polar surface area (TPSA) is 125 Å². The van der Waals surface area contributed by atoms with Gasteiger partial charge in [-0.05, 0) is 13.8 Å². The zero-order valence-corrected chi connectivity index (χ0v) is 21.4. The van der Waals surface area contributed by atoms with Gasteiger partial charge in [0.2, 0.25) is 0 Å². The van der Waals surface area contributed by atoms with Gasteiger partial charge in [-0.2, -0.15) is 0 Å². The van der Waals surface area contributed by atoms with Crippen molar-refractivity contribution >= 4 is 18.1 Å². The Kier molecular flexibility index (Phi) is 12.5. The molecule has 0 aliphatic carbocycles. The van der Waals surface area contributed by atoms with Crippen LogP contribution in [0.1, 0.15) is 55.4 Å². The van der Waals surface area contributed by atoms with Crippen molar-refractivity contribution in [3.8, 4) is 0 Å². The van der Waals surface area contributed by atoms with Crippen molar-refractivity contribution in [2.24, 2.45) is 10.8 Å². The molecule has 0 saturated heterocycles. The highest BCUT2D eigenvalue weighted by Crippen LogP contribution is 2.40. The maximum atomic E-state index is 13.1. The Morgan fingerprint density at radius 1 is 0.676 bits per heavy atom. The molecule has 0 amide bonds. The van der Waals surface area contributed by atoms with Crippen molar-refractivity contribution in [3.63, 3.8) is 0 Å². The van der Waals surface area contributed by atoms with Crippen LogP contribution in [0.5, 0.6) is 0 Å². The molecule has 0 aromatic rings. The van der Waals surface area contributed by atoms with Gasteiger partial charge in [0.15, 0.2) is 0 Å². The first kappa shape index (κ1) is 31.5. The molecular weight excluding hydrogens is 452 g/mol. The second-order valence-electron chi connectivity index (χ2n) is 9.11. The van der Waals surface area contributed by atoms with Crippen molar-refractivity contribution in [1.29, 1.82) is 0 Å². The minimum atomic E-state index is -1.94. The van der Waals surface area contributed by atoms with E-state index in [1.54, 1.807) is 55.4 Å². The average molecular weight is 491 g/mol. The fourth-order valence-electron chi connectivity index (χ4n) is 2.18. The molecule has 0 heterocycles. The molecule has 11 heteroatoms. The molecule has 196 valence electrons. The van der Waals surface area contributed by atoms with Gasteiger partial charge in [0.25, 0.3) is 11.6 Å². The number of hydrogen-bond acceptors (Lipinski definition) is 11. The van der Waals surface area contributed by atoms with Gasteiger partial charge in [-0.1, -0.05) is 54.7 Å². The second-order valence-corrected chi connectivity index (χ2v) is 9.11. The smallest absolute Gasteiger partial charge is 0.395 e. The third kappa shape index (κ3) is 9.05. The highest BCUT2D eigenvalue weighted by atomic mass is 17.3. The van der Waals surface area contributed by atoms with Crippen molar-refractivity contribution < 1.29 is 52.9 Å². The summed E-state index contributed by atoms with van der Waals surface area (Å²) in [5.41, 5.74) is -1.97. The maximum absolute atomic E-state index is 13.1. The van der Waals surface area contributed by atoms with Crippen LogP contribution in [-0.4, -0.2) is 56.1 Å². The molecule has 2 unspecified atom stereocenters.